The van der Waals surface area contributed by atoms with Crippen LogP contribution in [0.15, 0.2) is 54.6 Å². The number of anilines is 1. The first-order chi connectivity index (χ1) is 7.92. The molecule has 0 saturated carbocycles. The summed E-state index contributed by atoms with van der Waals surface area (Å²) >= 11 is 0. The van der Waals surface area contributed by atoms with Crippen molar-refractivity contribution >= 4 is 16.7 Å². The summed E-state index contributed by atoms with van der Waals surface area (Å²) in [6.45, 7) is 0. The normalized spacial score (nSPS) is 10.5. The molecule has 16 heavy (non-hydrogen) atoms. The van der Waals surface area contributed by atoms with Crippen LogP contribution in [-0.4, -0.2) is 15.1 Å². The molecule has 1 aromatic heterocycles. The highest BCUT2D eigenvalue weighted by atomic mass is 15.7. The van der Waals surface area contributed by atoms with Crippen LogP contribution in [0.25, 0.3) is 11.0 Å². The Hall–Kier alpha value is -2.36. The van der Waals surface area contributed by atoms with Gasteiger partial charge in [0.15, 0.2) is 0 Å². The molecule has 0 aliphatic carbocycles. The van der Waals surface area contributed by atoms with E-state index in [1.807, 2.05) is 54.6 Å². The molecule has 0 fully saturated rings. The van der Waals surface area contributed by atoms with Gasteiger partial charge in [0.05, 0.1) is 5.69 Å². The third-order valence-corrected chi connectivity index (χ3v) is 2.29. The van der Waals surface area contributed by atoms with Crippen molar-refractivity contribution in [3.05, 3.63) is 54.6 Å². The first-order valence-electron chi connectivity index (χ1n) is 5.06. The summed E-state index contributed by atoms with van der Waals surface area (Å²) in [5, 5.41) is 8.60. The zero-order chi connectivity index (χ0) is 10.8. The van der Waals surface area contributed by atoms with Gasteiger partial charge in [-0.05, 0) is 24.3 Å². The predicted octanol–water partition coefficient (Wildman–Crippen LogP) is 2.31. The van der Waals surface area contributed by atoms with Crippen LogP contribution < -0.4 is 5.43 Å². The second kappa shape index (κ2) is 3.66. The van der Waals surface area contributed by atoms with Gasteiger partial charge in [0.2, 0.25) is 0 Å². The van der Waals surface area contributed by atoms with Gasteiger partial charge < -0.3 is 0 Å². The molecule has 0 radical (unpaired) electrons. The monoisotopic (exact) mass is 210 g/mol. The SMILES string of the molecule is c1ccc(Nn2nc3ccccc3n2)cc1. The molecule has 0 bridgehead atoms. The van der Waals surface area contributed by atoms with Crippen LogP contribution in [0, 0.1) is 0 Å². The van der Waals surface area contributed by atoms with Gasteiger partial charge in [0.1, 0.15) is 11.0 Å². The maximum atomic E-state index is 4.30. The Balaban J connectivity index is 1.95. The van der Waals surface area contributed by atoms with Gasteiger partial charge in [-0.1, -0.05) is 35.2 Å². The lowest BCUT2D eigenvalue weighted by atomic mass is 10.3. The lowest BCUT2D eigenvalue weighted by Gasteiger charge is -2.02. The van der Waals surface area contributed by atoms with Gasteiger partial charge in [-0.2, -0.15) is 0 Å². The number of fused-ring (bicyclic) bond motifs is 1. The molecule has 4 heteroatoms. The molecule has 0 unspecified atom stereocenters. The lowest BCUT2D eigenvalue weighted by molar-refractivity contribution is 0.698. The Morgan fingerprint density at radius 3 is 1.94 bits per heavy atom. The highest BCUT2D eigenvalue weighted by molar-refractivity contribution is 5.73. The van der Waals surface area contributed by atoms with E-state index in [0.717, 1.165) is 16.7 Å². The number of rotatable bonds is 2. The summed E-state index contributed by atoms with van der Waals surface area (Å²) in [4.78, 5) is 1.49. The van der Waals surface area contributed by atoms with Crippen molar-refractivity contribution in [2.45, 2.75) is 0 Å². The van der Waals surface area contributed by atoms with Crippen LogP contribution in [0.3, 0.4) is 0 Å². The Labute approximate surface area is 92.5 Å². The van der Waals surface area contributed by atoms with Crippen molar-refractivity contribution in [1.29, 1.82) is 0 Å². The highest BCUT2D eigenvalue weighted by Gasteiger charge is 2.00. The Morgan fingerprint density at radius 1 is 0.750 bits per heavy atom. The van der Waals surface area contributed by atoms with E-state index in [9.17, 15) is 0 Å². The standard InChI is InChI=1S/C12H10N4/c1-2-6-10(7-3-1)13-16-14-11-8-4-5-9-12(11)15-16/h1-9,13H. The van der Waals surface area contributed by atoms with Crippen LogP contribution in [0.2, 0.25) is 0 Å². The number of aromatic nitrogens is 3. The minimum atomic E-state index is 0.880. The van der Waals surface area contributed by atoms with Gasteiger partial charge in [-0.25, -0.2) is 0 Å². The van der Waals surface area contributed by atoms with Crippen LogP contribution >= 0.6 is 0 Å². The third-order valence-electron chi connectivity index (χ3n) is 2.29. The second-order valence-corrected chi connectivity index (χ2v) is 3.46. The molecule has 1 N–H and O–H groups in total. The fourth-order valence-electron chi connectivity index (χ4n) is 1.54. The van der Waals surface area contributed by atoms with Gasteiger partial charge >= 0.3 is 0 Å². The lowest BCUT2D eigenvalue weighted by Crippen LogP contribution is -2.12. The molecule has 0 aliphatic heterocycles. The van der Waals surface area contributed by atoms with E-state index in [1.54, 1.807) is 0 Å². The van der Waals surface area contributed by atoms with Crippen LogP contribution in [-0.2, 0) is 0 Å². The number of hydrogen-bond acceptors (Lipinski definition) is 3. The Kier molecular flexibility index (Phi) is 2.04. The number of nitrogens with zero attached hydrogens (tertiary/aromatic N) is 3. The first kappa shape index (κ1) is 8.91. The molecule has 78 valence electrons. The fraction of sp³-hybridized carbons (Fsp3) is 0. The number of para-hydroxylation sites is 1. The van der Waals surface area contributed by atoms with Crippen molar-refractivity contribution in [1.82, 2.24) is 15.1 Å². The molecule has 3 rings (SSSR count). The fourth-order valence-corrected chi connectivity index (χ4v) is 1.54. The van der Waals surface area contributed by atoms with Crippen molar-refractivity contribution in [3.63, 3.8) is 0 Å². The number of nitrogens with one attached hydrogen (secondary N) is 1. The largest absolute Gasteiger partial charge is 0.261 e. The molecule has 0 spiro atoms. The average Bonchev–Trinajstić information content (AvgIpc) is 2.72. The van der Waals surface area contributed by atoms with E-state index >= 15 is 0 Å². The summed E-state index contributed by atoms with van der Waals surface area (Å²) < 4.78 is 0. The van der Waals surface area contributed by atoms with E-state index < -0.39 is 0 Å². The van der Waals surface area contributed by atoms with Crippen molar-refractivity contribution < 1.29 is 0 Å². The summed E-state index contributed by atoms with van der Waals surface area (Å²) in [5.41, 5.74) is 5.81. The van der Waals surface area contributed by atoms with Gasteiger partial charge in [0, 0.05) is 0 Å². The molecule has 1 heterocycles. The molecule has 4 nitrogen and oxygen atoms in total. The Morgan fingerprint density at radius 2 is 1.31 bits per heavy atom. The molecule has 0 aliphatic rings. The molecule has 2 aromatic carbocycles. The maximum Gasteiger partial charge on any atom is 0.115 e. The third kappa shape index (κ3) is 1.61. The second-order valence-electron chi connectivity index (χ2n) is 3.46. The Bertz CT molecular complexity index is 567. The minimum absolute atomic E-state index is 0.880. The number of hydrogen-bond donors (Lipinski definition) is 1. The van der Waals surface area contributed by atoms with E-state index in [0.29, 0.717) is 0 Å². The molecule has 0 atom stereocenters. The molecular formula is C12H10N4. The average molecular weight is 210 g/mol. The molecule has 3 aromatic rings. The van der Waals surface area contributed by atoms with E-state index in [-0.39, 0.29) is 0 Å². The minimum Gasteiger partial charge on any atom is -0.261 e. The van der Waals surface area contributed by atoms with Crippen LogP contribution in [0.4, 0.5) is 5.69 Å². The van der Waals surface area contributed by atoms with Gasteiger partial charge in [-0.15, -0.1) is 10.2 Å². The topological polar surface area (TPSA) is 42.7 Å². The number of benzene rings is 2. The van der Waals surface area contributed by atoms with E-state index in [1.165, 1.54) is 4.91 Å². The van der Waals surface area contributed by atoms with Gasteiger partial charge in [0.25, 0.3) is 0 Å². The maximum absolute atomic E-state index is 4.30. The highest BCUT2D eigenvalue weighted by Crippen LogP contribution is 2.09. The zero-order valence-corrected chi connectivity index (χ0v) is 8.54. The smallest absolute Gasteiger partial charge is 0.115 e. The van der Waals surface area contributed by atoms with Crippen LogP contribution in [0.5, 0.6) is 0 Å². The predicted molar refractivity (Wildman–Crippen MR) is 63.0 cm³/mol. The summed E-state index contributed by atoms with van der Waals surface area (Å²) in [5.74, 6) is 0. The quantitative estimate of drug-likeness (QED) is 0.705. The molecular weight excluding hydrogens is 200 g/mol. The van der Waals surface area contributed by atoms with Crippen LogP contribution in [0.1, 0.15) is 0 Å². The van der Waals surface area contributed by atoms with Crippen molar-refractivity contribution in [3.8, 4) is 0 Å². The van der Waals surface area contributed by atoms with E-state index in [4.69, 9.17) is 0 Å². The first-order valence-corrected chi connectivity index (χ1v) is 5.06. The van der Waals surface area contributed by atoms with Crippen molar-refractivity contribution in [2.75, 3.05) is 5.43 Å². The molecule has 0 amide bonds. The summed E-state index contributed by atoms with van der Waals surface area (Å²) in [7, 11) is 0. The summed E-state index contributed by atoms with van der Waals surface area (Å²) in [6.07, 6.45) is 0. The van der Waals surface area contributed by atoms with E-state index in [2.05, 4.69) is 15.6 Å². The van der Waals surface area contributed by atoms with Crippen molar-refractivity contribution in [2.24, 2.45) is 0 Å². The molecule has 0 saturated heterocycles. The zero-order valence-electron chi connectivity index (χ0n) is 8.54. The summed E-state index contributed by atoms with van der Waals surface area (Å²) in [6, 6.07) is 17.6. The van der Waals surface area contributed by atoms with Gasteiger partial charge in [-0.3, -0.25) is 5.43 Å².